The van der Waals surface area contributed by atoms with Crippen molar-refractivity contribution in [3.63, 3.8) is 0 Å². The molecule has 0 bridgehead atoms. The molecule has 2 saturated heterocycles. The van der Waals surface area contributed by atoms with Crippen molar-refractivity contribution in [3.8, 4) is 12.1 Å². The number of aryl methyl sites for hydroxylation is 2. The van der Waals surface area contributed by atoms with Crippen molar-refractivity contribution in [2.45, 2.75) is 52.6 Å². The van der Waals surface area contributed by atoms with E-state index in [-0.39, 0.29) is 40.9 Å². The number of nitrogen functional groups attached to an aromatic ring is 1. The number of hydrogen-bond acceptors (Lipinski definition) is 10. The molecule has 58 heavy (non-hydrogen) atoms. The van der Waals surface area contributed by atoms with Gasteiger partial charge in [0.2, 0.25) is 0 Å². The van der Waals surface area contributed by atoms with E-state index in [9.17, 15) is 19.6 Å². The maximum atomic E-state index is 13.3. The smallest absolute Gasteiger partial charge is 0.411 e. The summed E-state index contributed by atoms with van der Waals surface area (Å²) in [5.41, 5.74) is 9.73. The number of thiocarbonyl (C=S) groups is 2. The lowest BCUT2D eigenvalue weighted by Gasteiger charge is -2.30. The highest BCUT2D eigenvalue weighted by Gasteiger charge is 2.51. The quantitative estimate of drug-likeness (QED) is 0.121. The highest BCUT2D eigenvalue weighted by Crippen LogP contribution is 2.40. The minimum absolute atomic E-state index is 0.153. The zero-order valence-corrected chi connectivity index (χ0v) is 35.4. The van der Waals surface area contributed by atoms with Crippen molar-refractivity contribution in [1.29, 1.82) is 10.5 Å². The molecule has 0 unspecified atom stereocenters. The van der Waals surface area contributed by atoms with Crippen LogP contribution in [0.3, 0.4) is 0 Å². The number of carbonyl (C=O) groups is 3. The number of nitrogens with zero attached hydrogens (tertiary/aromatic N) is 6. The van der Waals surface area contributed by atoms with E-state index in [1.807, 2.05) is 20.8 Å². The number of benzene rings is 4. The summed E-state index contributed by atoms with van der Waals surface area (Å²) in [6.07, 6.45) is -0.771. The van der Waals surface area contributed by atoms with Crippen LogP contribution in [0.4, 0.5) is 38.9 Å². The Morgan fingerprint density at radius 1 is 0.759 bits per heavy atom. The highest BCUT2D eigenvalue weighted by atomic mass is 35.5. The molecule has 13 nitrogen and oxygen atoms in total. The molecule has 2 fully saturated rings. The van der Waals surface area contributed by atoms with Crippen LogP contribution < -0.4 is 30.7 Å². The number of anilines is 6. The van der Waals surface area contributed by atoms with E-state index >= 15 is 0 Å². The Balaban J connectivity index is 0.000000226. The van der Waals surface area contributed by atoms with Crippen LogP contribution in [-0.2, 0) is 14.3 Å². The van der Waals surface area contributed by atoms with Crippen molar-refractivity contribution in [2.75, 3.05) is 43.9 Å². The Morgan fingerprint density at radius 2 is 1.19 bits per heavy atom. The first kappa shape index (κ1) is 43.3. The topological polar surface area (TPSA) is 179 Å². The third kappa shape index (κ3) is 8.13. The predicted octanol–water partition coefficient (Wildman–Crippen LogP) is 8.00. The first-order valence-corrected chi connectivity index (χ1v) is 19.2. The molecule has 0 saturated carbocycles. The second-order valence-corrected chi connectivity index (χ2v) is 15.8. The van der Waals surface area contributed by atoms with Gasteiger partial charge in [0.15, 0.2) is 10.2 Å². The van der Waals surface area contributed by atoms with Crippen LogP contribution in [0.2, 0.25) is 10.0 Å². The average Bonchev–Trinajstić information content (AvgIpc) is 3.46. The number of hydrogen-bond donors (Lipinski definition) is 3. The van der Waals surface area contributed by atoms with Gasteiger partial charge in [0.05, 0.1) is 62.7 Å². The normalized spacial score (nSPS) is 15.5. The van der Waals surface area contributed by atoms with Crippen LogP contribution in [-0.4, -0.2) is 57.5 Å². The van der Waals surface area contributed by atoms with Crippen LogP contribution in [0, 0.1) is 36.5 Å². The van der Waals surface area contributed by atoms with E-state index in [1.165, 1.54) is 9.80 Å². The molecule has 3 amide bonds. The zero-order chi connectivity index (χ0) is 42.9. The van der Waals surface area contributed by atoms with Crippen molar-refractivity contribution < 1.29 is 24.2 Å². The standard InChI is InChI=1S/C22H21ClN4O4S.C19H17ClN4OS/c1-13-10-15(5-4-14(13)12-24)26-19(29)22(2,3)27(21(26)32)16-6-7-17(23)18(11-16)25-20(30)31-9-8-28;1-11-8-13(5-4-12(11)10-21)23-17(25)19(2,3)24(18(23)26)14-6-7-15(20)16(22)9-14/h4-7,10-11,28H,8-9H2,1-3H3,(H,25,30);4-9H,22H2,1-3H3. The number of amides is 3. The number of aliphatic hydroxyl groups is 1. The summed E-state index contributed by atoms with van der Waals surface area (Å²) < 4.78 is 4.82. The monoisotopic (exact) mass is 856 g/mol. The third-order valence-corrected chi connectivity index (χ3v) is 10.9. The fourth-order valence-electron chi connectivity index (χ4n) is 6.44. The molecule has 2 aliphatic rings. The van der Waals surface area contributed by atoms with Gasteiger partial charge in [-0.1, -0.05) is 23.2 Å². The van der Waals surface area contributed by atoms with E-state index in [4.69, 9.17) is 68.5 Å². The first-order chi connectivity index (χ1) is 27.3. The van der Waals surface area contributed by atoms with Crippen LogP contribution >= 0.6 is 47.6 Å². The van der Waals surface area contributed by atoms with Gasteiger partial charge in [-0.2, -0.15) is 10.5 Å². The van der Waals surface area contributed by atoms with Crippen LogP contribution in [0.5, 0.6) is 0 Å². The number of rotatable bonds is 7. The number of nitriles is 2. The molecule has 4 N–H and O–H groups in total. The Morgan fingerprint density at radius 3 is 1.60 bits per heavy atom. The molecule has 0 atom stereocenters. The van der Waals surface area contributed by atoms with Gasteiger partial charge in [-0.3, -0.25) is 24.7 Å². The Hall–Kier alpha value is -5.81. The number of carbonyl (C=O) groups excluding carboxylic acids is 3. The minimum atomic E-state index is -1.03. The van der Waals surface area contributed by atoms with E-state index in [2.05, 4.69) is 17.5 Å². The molecule has 4 aromatic rings. The van der Waals surface area contributed by atoms with Gasteiger partial charge in [0, 0.05) is 11.4 Å². The van der Waals surface area contributed by atoms with Crippen molar-refractivity contribution in [1.82, 2.24) is 0 Å². The summed E-state index contributed by atoms with van der Waals surface area (Å²) in [6, 6.07) is 24.6. The summed E-state index contributed by atoms with van der Waals surface area (Å²) in [5, 5.41) is 30.9. The lowest BCUT2D eigenvalue weighted by atomic mass is 10.0. The number of nitrogens with two attached hydrogens (primary N) is 1. The Kier molecular flexibility index (Phi) is 12.7. The molecular formula is C41H38Cl2N8O5S2. The maximum absolute atomic E-state index is 13.3. The molecule has 0 aromatic heterocycles. The van der Waals surface area contributed by atoms with Crippen LogP contribution in [0.15, 0.2) is 72.8 Å². The van der Waals surface area contributed by atoms with Gasteiger partial charge < -0.3 is 25.4 Å². The van der Waals surface area contributed by atoms with Crippen molar-refractivity contribution in [3.05, 3.63) is 105 Å². The SMILES string of the molecule is Cc1cc(N2C(=O)C(C)(C)N(c3ccc(Cl)c(N)c3)C2=S)ccc1C#N.Cc1cc(N2C(=O)C(C)(C)N(c3ccc(Cl)c(NC(=O)OCCO)c3)C2=S)ccc1C#N. The lowest BCUT2D eigenvalue weighted by molar-refractivity contribution is -0.121. The van der Waals surface area contributed by atoms with Crippen LogP contribution in [0.1, 0.15) is 49.9 Å². The third-order valence-electron chi connectivity index (χ3n) is 9.52. The average molecular weight is 858 g/mol. The number of halogens is 2. The minimum Gasteiger partial charge on any atom is -0.447 e. The van der Waals surface area contributed by atoms with Gasteiger partial charge in [0.25, 0.3) is 11.8 Å². The number of nitrogens with one attached hydrogen (secondary N) is 1. The second kappa shape index (κ2) is 17.0. The fraction of sp³-hybridized carbons (Fsp3) is 0.244. The van der Waals surface area contributed by atoms with E-state index in [0.717, 1.165) is 11.1 Å². The van der Waals surface area contributed by atoms with E-state index < -0.39 is 17.2 Å². The molecule has 6 rings (SSSR count). The summed E-state index contributed by atoms with van der Waals surface area (Å²) >= 11 is 23.5. The van der Waals surface area contributed by atoms with Gasteiger partial charge in [-0.25, -0.2) is 4.79 Å². The largest absolute Gasteiger partial charge is 0.447 e. The molecule has 0 spiro atoms. The predicted molar refractivity (Wildman–Crippen MR) is 234 cm³/mol. The Bertz CT molecular complexity index is 2460. The van der Waals surface area contributed by atoms with Crippen molar-refractivity contribution >= 4 is 110 Å². The number of aliphatic hydroxyl groups excluding tert-OH is 1. The highest BCUT2D eigenvalue weighted by molar-refractivity contribution is 7.81. The molecule has 298 valence electrons. The second-order valence-electron chi connectivity index (χ2n) is 14.2. The molecule has 4 aromatic carbocycles. The summed E-state index contributed by atoms with van der Waals surface area (Å²) in [7, 11) is 0. The summed E-state index contributed by atoms with van der Waals surface area (Å²) in [5.74, 6) is -0.390. The Labute approximate surface area is 356 Å². The van der Waals surface area contributed by atoms with Crippen molar-refractivity contribution in [2.24, 2.45) is 0 Å². The van der Waals surface area contributed by atoms with E-state index in [1.54, 1.807) is 103 Å². The van der Waals surface area contributed by atoms with Gasteiger partial charge in [-0.05, 0) is 150 Å². The number of ether oxygens (including phenoxy) is 1. The fourth-order valence-corrected chi connectivity index (χ4v) is 7.77. The molecule has 17 heteroatoms. The first-order valence-electron chi connectivity index (χ1n) is 17.6. The molecule has 0 radical (unpaired) electrons. The zero-order valence-electron chi connectivity index (χ0n) is 32.3. The van der Waals surface area contributed by atoms with Gasteiger partial charge >= 0.3 is 6.09 Å². The van der Waals surface area contributed by atoms with Gasteiger partial charge in [0.1, 0.15) is 17.7 Å². The van der Waals surface area contributed by atoms with E-state index in [0.29, 0.717) is 49.7 Å². The summed E-state index contributed by atoms with van der Waals surface area (Å²) in [6.45, 7) is 10.3. The lowest BCUT2D eigenvalue weighted by Crippen LogP contribution is -2.44. The maximum Gasteiger partial charge on any atom is 0.411 e. The molecule has 2 aliphatic heterocycles. The van der Waals surface area contributed by atoms with Crippen LogP contribution in [0.25, 0.3) is 0 Å². The molecular weight excluding hydrogens is 820 g/mol. The molecule has 0 aliphatic carbocycles. The van der Waals surface area contributed by atoms with Gasteiger partial charge in [-0.15, -0.1) is 0 Å². The molecule has 2 heterocycles. The summed E-state index contributed by atoms with van der Waals surface area (Å²) in [4.78, 5) is 44.7.